The number of piperidine rings is 1. The van der Waals surface area contributed by atoms with Gasteiger partial charge in [-0.3, -0.25) is 4.90 Å². The van der Waals surface area contributed by atoms with Gasteiger partial charge in [0.05, 0.1) is 6.33 Å². The van der Waals surface area contributed by atoms with E-state index in [0.29, 0.717) is 25.8 Å². The molecule has 1 aliphatic heterocycles. The molecule has 1 fully saturated rings. The van der Waals surface area contributed by atoms with E-state index in [1.807, 2.05) is 6.92 Å². The van der Waals surface area contributed by atoms with Crippen molar-refractivity contribution in [3.63, 3.8) is 0 Å². The molecule has 3 nitrogen and oxygen atoms in total. The first-order valence-electron chi connectivity index (χ1n) is 4.44. The van der Waals surface area contributed by atoms with E-state index in [-0.39, 0.29) is 5.92 Å². The van der Waals surface area contributed by atoms with Crippen LogP contribution in [0.25, 0.3) is 0 Å². The van der Waals surface area contributed by atoms with E-state index >= 15 is 0 Å². The Morgan fingerprint density at radius 1 is 1.62 bits per heavy atom. The predicted octanol–water partition coefficient (Wildman–Crippen LogP) is 0.840. The van der Waals surface area contributed by atoms with E-state index in [4.69, 9.17) is 0 Å². The van der Waals surface area contributed by atoms with E-state index in [1.54, 1.807) is 0 Å². The third-order valence-corrected chi connectivity index (χ3v) is 2.54. The fourth-order valence-electron chi connectivity index (χ4n) is 1.60. The summed E-state index contributed by atoms with van der Waals surface area (Å²) in [4.78, 5) is 1.53. The molecule has 0 saturated carbocycles. The Hall–Kier alpha value is -0.450. The minimum atomic E-state index is -1.78. The molecule has 1 atom stereocenters. The minimum Gasteiger partial charge on any atom is -0.353 e. The average molecular weight is 189 g/mol. The molecular weight excluding hydrogens is 173 g/mol. The molecule has 0 aromatic carbocycles. The average Bonchev–Trinajstić information content (AvgIpc) is 2.02. The van der Waals surface area contributed by atoms with Gasteiger partial charge < -0.3 is 10.2 Å². The van der Waals surface area contributed by atoms with Crippen molar-refractivity contribution >= 4 is 0 Å². The third-order valence-electron chi connectivity index (χ3n) is 2.54. The summed E-state index contributed by atoms with van der Waals surface area (Å²) in [5.74, 6) is -1.73. The fraction of sp³-hybridized carbons (Fsp3) is 0.778. The van der Waals surface area contributed by atoms with Crippen molar-refractivity contribution in [2.24, 2.45) is 5.92 Å². The smallest absolute Gasteiger partial charge is 0.221 e. The molecule has 0 aromatic rings. The molecule has 0 radical (unpaired) electrons. The number of aliphatic hydroxyl groups is 2. The maximum Gasteiger partial charge on any atom is 0.221 e. The van der Waals surface area contributed by atoms with Gasteiger partial charge >= 0.3 is 0 Å². The summed E-state index contributed by atoms with van der Waals surface area (Å²) in [6.07, 6.45) is 1.20. The van der Waals surface area contributed by atoms with E-state index in [0.717, 1.165) is 5.57 Å². The second-order valence-corrected chi connectivity index (χ2v) is 3.75. The number of halogens is 1. The Morgan fingerprint density at radius 2 is 2.23 bits per heavy atom. The van der Waals surface area contributed by atoms with Crippen molar-refractivity contribution in [2.75, 3.05) is 13.1 Å². The van der Waals surface area contributed by atoms with Crippen LogP contribution in [0.3, 0.4) is 0 Å². The molecule has 1 rings (SSSR count). The van der Waals surface area contributed by atoms with Crippen molar-refractivity contribution in [1.29, 1.82) is 0 Å². The van der Waals surface area contributed by atoms with Crippen molar-refractivity contribution in [2.45, 2.75) is 26.2 Å². The van der Waals surface area contributed by atoms with Crippen LogP contribution in [0.2, 0.25) is 0 Å². The largest absolute Gasteiger partial charge is 0.353 e. The highest BCUT2D eigenvalue weighted by atomic mass is 19.1. The molecule has 13 heavy (non-hydrogen) atoms. The Morgan fingerprint density at radius 3 is 2.62 bits per heavy atom. The summed E-state index contributed by atoms with van der Waals surface area (Å²) in [5.41, 5.74) is 0.750. The summed E-state index contributed by atoms with van der Waals surface area (Å²) >= 11 is 0. The number of hydrogen-bond donors (Lipinski definition) is 2. The SMILES string of the molecule is CC1CN(C(C)(O)O)CC/C1=C\F. The maximum atomic E-state index is 12.2. The van der Waals surface area contributed by atoms with E-state index in [1.165, 1.54) is 11.8 Å². The lowest BCUT2D eigenvalue weighted by atomic mass is 9.94. The van der Waals surface area contributed by atoms with Gasteiger partial charge in [0.15, 0.2) is 0 Å². The Kier molecular flexibility index (Phi) is 3.05. The van der Waals surface area contributed by atoms with Crippen molar-refractivity contribution in [3.05, 3.63) is 11.9 Å². The Bertz CT molecular complexity index is 210. The van der Waals surface area contributed by atoms with Crippen LogP contribution >= 0.6 is 0 Å². The van der Waals surface area contributed by atoms with Gasteiger partial charge in [0.2, 0.25) is 5.91 Å². The third kappa shape index (κ3) is 2.49. The molecule has 0 spiro atoms. The molecule has 2 N–H and O–H groups in total. The fourth-order valence-corrected chi connectivity index (χ4v) is 1.60. The molecule has 1 unspecified atom stereocenters. The van der Waals surface area contributed by atoms with Gasteiger partial charge in [-0.25, -0.2) is 4.39 Å². The lowest BCUT2D eigenvalue weighted by Gasteiger charge is -2.38. The van der Waals surface area contributed by atoms with Gasteiger partial charge in [-0.2, -0.15) is 0 Å². The summed E-state index contributed by atoms with van der Waals surface area (Å²) in [6.45, 7) is 4.18. The standard InChI is InChI=1S/C9H16FNO2/c1-7-6-11(9(2,12)13)4-3-8(7)5-10/h5,7,12-13H,3-4,6H2,1-2H3/b8-5+. The molecule has 0 amide bonds. The molecule has 1 aliphatic rings. The normalized spacial score (nSPS) is 29.6. The first kappa shape index (κ1) is 10.6. The number of hydrogen-bond acceptors (Lipinski definition) is 3. The van der Waals surface area contributed by atoms with Crippen LogP contribution < -0.4 is 0 Å². The first-order chi connectivity index (χ1) is 5.95. The van der Waals surface area contributed by atoms with E-state index in [9.17, 15) is 14.6 Å². The molecule has 0 aliphatic carbocycles. The highest BCUT2D eigenvalue weighted by molar-refractivity contribution is 5.06. The molecule has 4 heteroatoms. The molecule has 76 valence electrons. The van der Waals surface area contributed by atoms with Crippen LogP contribution in [0.1, 0.15) is 20.3 Å². The molecule has 1 saturated heterocycles. The monoisotopic (exact) mass is 189 g/mol. The van der Waals surface area contributed by atoms with E-state index in [2.05, 4.69) is 0 Å². The van der Waals surface area contributed by atoms with Gasteiger partial charge in [-0.1, -0.05) is 6.92 Å². The lowest BCUT2D eigenvalue weighted by Crippen LogP contribution is -2.51. The number of nitrogens with zero attached hydrogens (tertiary/aromatic N) is 1. The number of rotatable bonds is 1. The predicted molar refractivity (Wildman–Crippen MR) is 47.4 cm³/mol. The van der Waals surface area contributed by atoms with Crippen LogP contribution in [0.5, 0.6) is 0 Å². The van der Waals surface area contributed by atoms with Gasteiger partial charge in [0, 0.05) is 20.0 Å². The second kappa shape index (κ2) is 3.74. The second-order valence-electron chi connectivity index (χ2n) is 3.75. The van der Waals surface area contributed by atoms with Crippen molar-refractivity contribution in [1.82, 2.24) is 4.90 Å². The van der Waals surface area contributed by atoms with E-state index < -0.39 is 5.91 Å². The van der Waals surface area contributed by atoms with Crippen LogP contribution in [-0.4, -0.2) is 34.1 Å². The summed E-state index contributed by atoms with van der Waals surface area (Å²) in [6, 6.07) is 0. The van der Waals surface area contributed by atoms with Crippen LogP contribution in [0.15, 0.2) is 11.9 Å². The number of likely N-dealkylation sites (tertiary alicyclic amines) is 1. The summed E-state index contributed by atoms with van der Waals surface area (Å²) < 4.78 is 12.2. The lowest BCUT2D eigenvalue weighted by molar-refractivity contribution is -0.254. The Labute approximate surface area is 77.5 Å². The molecule has 0 bridgehead atoms. The van der Waals surface area contributed by atoms with Crippen LogP contribution in [0, 0.1) is 5.92 Å². The molecular formula is C9H16FNO2. The quantitative estimate of drug-likeness (QED) is 0.601. The van der Waals surface area contributed by atoms with Crippen molar-refractivity contribution < 1.29 is 14.6 Å². The zero-order valence-electron chi connectivity index (χ0n) is 8.00. The highest BCUT2D eigenvalue weighted by Crippen LogP contribution is 2.25. The summed E-state index contributed by atoms with van der Waals surface area (Å²) in [5, 5.41) is 18.6. The molecule has 1 heterocycles. The van der Waals surface area contributed by atoms with Gasteiger partial charge in [-0.15, -0.1) is 0 Å². The maximum absolute atomic E-state index is 12.2. The van der Waals surface area contributed by atoms with Gasteiger partial charge in [-0.05, 0) is 17.9 Å². The zero-order valence-corrected chi connectivity index (χ0v) is 8.00. The summed E-state index contributed by atoms with van der Waals surface area (Å²) in [7, 11) is 0. The first-order valence-corrected chi connectivity index (χ1v) is 4.44. The molecule has 0 aromatic heterocycles. The Balaban J connectivity index is 2.61. The van der Waals surface area contributed by atoms with Crippen LogP contribution in [0.4, 0.5) is 4.39 Å². The van der Waals surface area contributed by atoms with Crippen LogP contribution in [-0.2, 0) is 0 Å². The highest BCUT2D eigenvalue weighted by Gasteiger charge is 2.31. The zero-order chi connectivity index (χ0) is 10.1. The van der Waals surface area contributed by atoms with Gasteiger partial charge in [0.1, 0.15) is 0 Å². The topological polar surface area (TPSA) is 43.7 Å². The van der Waals surface area contributed by atoms with Gasteiger partial charge in [0.25, 0.3) is 0 Å². The van der Waals surface area contributed by atoms with Crippen molar-refractivity contribution in [3.8, 4) is 0 Å². The minimum absolute atomic E-state index is 0.0531.